The zero-order valence-corrected chi connectivity index (χ0v) is 9.06. The first-order valence-electron chi connectivity index (χ1n) is 4.37. The fourth-order valence-corrected chi connectivity index (χ4v) is 1.75. The smallest absolute Gasteiger partial charge is 0.0986 e. The van der Waals surface area contributed by atoms with Gasteiger partial charge in [-0.2, -0.15) is 0 Å². The summed E-state index contributed by atoms with van der Waals surface area (Å²) in [6.45, 7) is 3.98. The van der Waals surface area contributed by atoms with Crippen LogP contribution >= 0.6 is 11.8 Å². The molecule has 0 radical (unpaired) electrons. The summed E-state index contributed by atoms with van der Waals surface area (Å²) in [7, 11) is 0. The first-order chi connectivity index (χ1) is 6.19. The topological polar surface area (TPSA) is 33.1 Å². The average molecular weight is 197 g/mol. The summed E-state index contributed by atoms with van der Waals surface area (Å²) < 4.78 is 0. The minimum absolute atomic E-state index is 0.373. The van der Waals surface area contributed by atoms with Crippen LogP contribution in [0.2, 0.25) is 0 Å². The largest absolute Gasteiger partial charge is 0.388 e. The molecule has 13 heavy (non-hydrogen) atoms. The van der Waals surface area contributed by atoms with Crippen molar-refractivity contribution in [2.75, 3.05) is 6.26 Å². The molecule has 0 bridgehead atoms. The number of hydrogen-bond donors (Lipinski definition) is 1. The Morgan fingerprint density at radius 3 is 2.77 bits per heavy atom. The fourth-order valence-electron chi connectivity index (χ4n) is 1.22. The molecule has 0 aliphatic heterocycles. The molecule has 0 unspecified atom stereocenters. The molecular weight excluding hydrogens is 182 g/mol. The van der Waals surface area contributed by atoms with Gasteiger partial charge in [-0.25, -0.2) is 4.98 Å². The molecule has 1 aromatic rings. The second kappa shape index (κ2) is 4.63. The van der Waals surface area contributed by atoms with Crippen LogP contribution in [0.1, 0.15) is 30.6 Å². The van der Waals surface area contributed by atoms with Gasteiger partial charge in [0.05, 0.1) is 11.1 Å². The average Bonchev–Trinajstić information content (AvgIpc) is 2.16. The van der Waals surface area contributed by atoms with E-state index in [2.05, 4.69) is 4.98 Å². The summed E-state index contributed by atoms with van der Waals surface area (Å²) in [5.41, 5.74) is 2.05. The van der Waals surface area contributed by atoms with Crippen LogP contribution in [-0.2, 0) is 0 Å². The number of aromatic nitrogens is 1. The number of aliphatic hydroxyl groups is 1. The van der Waals surface area contributed by atoms with Crippen molar-refractivity contribution in [3.05, 3.63) is 23.4 Å². The second-order valence-electron chi connectivity index (χ2n) is 3.02. The Hall–Kier alpha value is -0.540. The summed E-state index contributed by atoms with van der Waals surface area (Å²) >= 11 is 1.63. The third-order valence-corrected chi connectivity index (χ3v) is 2.83. The van der Waals surface area contributed by atoms with E-state index in [0.717, 1.165) is 22.6 Å². The molecule has 0 fully saturated rings. The van der Waals surface area contributed by atoms with Crippen molar-refractivity contribution >= 4 is 11.8 Å². The summed E-state index contributed by atoms with van der Waals surface area (Å²) in [5.74, 6) is 0. The molecule has 0 saturated carbocycles. The van der Waals surface area contributed by atoms with E-state index in [1.165, 1.54) is 0 Å². The third kappa shape index (κ3) is 2.45. The second-order valence-corrected chi connectivity index (χ2v) is 3.81. The van der Waals surface area contributed by atoms with Gasteiger partial charge in [-0.15, -0.1) is 11.8 Å². The lowest BCUT2D eigenvalue weighted by molar-refractivity contribution is 0.173. The van der Waals surface area contributed by atoms with E-state index in [1.54, 1.807) is 18.0 Å². The Bertz CT molecular complexity index is 288. The van der Waals surface area contributed by atoms with Gasteiger partial charge in [0.2, 0.25) is 0 Å². The van der Waals surface area contributed by atoms with Gasteiger partial charge < -0.3 is 5.11 Å². The van der Waals surface area contributed by atoms with Gasteiger partial charge >= 0.3 is 0 Å². The Balaban J connectivity index is 2.95. The SMILES string of the molecule is CC[C@@H](O)c1cnc(SC)c(C)c1. The van der Waals surface area contributed by atoms with Crippen LogP contribution in [0.15, 0.2) is 17.3 Å². The van der Waals surface area contributed by atoms with E-state index in [4.69, 9.17) is 0 Å². The molecule has 0 saturated heterocycles. The van der Waals surface area contributed by atoms with Gasteiger partial charge in [-0.3, -0.25) is 0 Å². The Kier molecular flexibility index (Phi) is 3.75. The van der Waals surface area contributed by atoms with E-state index in [9.17, 15) is 5.11 Å². The predicted octanol–water partition coefficient (Wildman–Crippen LogP) is 2.56. The van der Waals surface area contributed by atoms with E-state index in [-0.39, 0.29) is 6.10 Å². The Morgan fingerprint density at radius 2 is 2.31 bits per heavy atom. The van der Waals surface area contributed by atoms with Crippen LogP contribution in [0.25, 0.3) is 0 Å². The maximum Gasteiger partial charge on any atom is 0.0986 e. The monoisotopic (exact) mass is 197 g/mol. The molecule has 2 nitrogen and oxygen atoms in total. The number of aryl methyl sites for hydroxylation is 1. The van der Waals surface area contributed by atoms with E-state index in [1.807, 2.05) is 26.2 Å². The maximum absolute atomic E-state index is 9.57. The van der Waals surface area contributed by atoms with Crippen LogP contribution in [-0.4, -0.2) is 16.3 Å². The van der Waals surface area contributed by atoms with Gasteiger partial charge in [0.25, 0.3) is 0 Å². The standard InChI is InChI=1S/C10H15NOS/c1-4-9(12)8-5-7(2)10(13-3)11-6-8/h5-6,9,12H,4H2,1-3H3/t9-/m1/s1. The lowest BCUT2D eigenvalue weighted by atomic mass is 10.1. The summed E-state index contributed by atoms with van der Waals surface area (Å²) in [5, 5.41) is 10.6. The van der Waals surface area contributed by atoms with E-state index < -0.39 is 0 Å². The van der Waals surface area contributed by atoms with E-state index in [0.29, 0.717) is 0 Å². The van der Waals surface area contributed by atoms with Crippen LogP contribution in [0, 0.1) is 6.92 Å². The molecule has 0 amide bonds. The molecule has 0 spiro atoms. The van der Waals surface area contributed by atoms with Crippen LogP contribution < -0.4 is 0 Å². The molecule has 1 N–H and O–H groups in total. The highest BCUT2D eigenvalue weighted by molar-refractivity contribution is 7.98. The summed E-state index contributed by atoms with van der Waals surface area (Å²) in [6.07, 6.45) is 4.12. The minimum Gasteiger partial charge on any atom is -0.388 e. The van der Waals surface area contributed by atoms with Gasteiger partial charge in [0.15, 0.2) is 0 Å². The molecule has 1 rings (SSSR count). The quantitative estimate of drug-likeness (QED) is 0.756. The van der Waals surface area contributed by atoms with Gasteiger partial charge in [-0.05, 0) is 36.8 Å². The molecule has 0 aliphatic rings. The highest BCUT2D eigenvalue weighted by atomic mass is 32.2. The maximum atomic E-state index is 9.57. The molecule has 1 aromatic heterocycles. The Morgan fingerprint density at radius 1 is 1.62 bits per heavy atom. The minimum atomic E-state index is -0.373. The molecule has 1 heterocycles. The van der Waals surface area contributed by atoms with Crippen molar-refractivity contribution < 1.29 is 5.11 Å². The Labute approximate surface area is 83.4 Å². The zero-order valence-electron chi connectivity index (χ0n) is 8.24. The van der Waals surface area contributed by atoms with Crippen molar-refractivity contribution in [2.45, 2.75) is 31.4 Å². The fraction of sp³-hybridized carbons (Fsp3) is 0.500. The first kappa shape index (κ1) is 10.5. The normalized spacial score (nSPS) is 12.9. The molecule has 72 valence electrons. The lowest BCUT2D eigenvalue weighted by Gasteiger charge is -2.09. The molecule has 1 atom stereocenters. The highest BCUT2D eigenvalue weighted by Gasteiger charge is 2.07. The van der Waals surface area contributed by atoms with Gasteiger partial charge in [-0.1, -0.05) is 6.92 Å². The van der Waals surface area contributed by atoms with Gasteiger partial charge in [0, 0.05) is 6.20 Å². The van der Waals surface area contributed by atoms with Crippen molar-refractivity contribution in [1.82, 2.24) is 4.98 Å². The van der Waals surface area contributed by atoms with E-state index >= 15 is 0 Å². The number of rotatable bonds is 3. The molecule has 0 aliphatic carbocycles. The number of hydrogen-bond acceptors (Lipinski definition) is 3. The molecule has 0 aromatic carbocycles. The number of aliphatic hydroxyl groups excluding tert-OH is 1. The van der Waals surface area contributed by atoms with Crippen LogP contribution in [0.3, 0.4) is 0 Å². The molecule has 3 heteroatoms. The van der Waals surface area contributed by atoms with Crippen molar-refractivity contribution in [1.29, 1.82) is 0 Å². The number of nitrogens with zero attached hydrogens (tertiary/aromatic N) is 1. The van der Waals surface area contributed by atoms with Crippen molar-refractivity contribution in [3.8, 4) is 0 Å². The lowest BCUT2D eigenvalue weighted by Crippen LogP contribution is -1.97. The third-order valence-electron chi connectivity index (χ3n) is 2.02. The van der Waals surface area contributed by atoms with Crippen molar-refractivity contribution in [2.24, 2.45) is 0 Å². The number of thioether (sulfide) groups is 1. The van der Waals surface area contributed by atoms with Crippen LogP contribution in [0.4, 0.5) is 0 Å². The molecular formula is C10H15NOS. The van der Waals surface area contributed by atoms with Crippen LogP contribution in [0.5, 0.6) is 0 Å². The predicted molar refractivity (Wildman–Crippen MR) is 56.0 cm³/mol. The van der Waals surface area contributed by atoms with Gasteiger partial charge in [0.1, 0.15) is 0 Å². The number of pyridine rings is 1. The first-order valence-corrected chi connectivity index (χ1v) is 5.60. The summed E-state index contributed by atoms with van der Waals surface area (Å²) in [6, 6.07) is 2.01. The zero-order chi connectivity index (χ0) is 9.84. The highest BCUT2D eigenvalue weighted by Crippen LogP contribution is 2.22. The van der Waals surface area contributed by atoms with Crippen molar-refractivity contribution in [3.63, 3.8) is 0 Å². The summed E-state index contributed by atoms with van der Waals surface area (Å²) in [4.78, 5) is 4.27.